The maximum absolute atomic E-state index is 12.0. The summed E-state index contributed by atoms with van der Waals surface area (Å²) < 4.78 is 46.0. The van der Waals surface area contributed by atoms with Crippen LogP contribution in [0.2, 0.25) is 0 Å². The first-order valence-electron chi connectivity index (χ1n) is 5.65. The Morgan fingerprint density at radius 3 is 2.45 bits per heavy atom. The van der Waals surface area contributed by atoms with Crippen molar-refractivity contribution in [2.24, 2.45) is 5.73 Å². The van der Waals surface area contributed by atoms with Gasteiger partial charge in [-0.1, -0.05) is 6.07 Å². The lowest BCUT2D eigenvalue weighted by molar-refractivity contribution is -0.156. The average molecular weight is 293 g/mol. The van der Waals surface area contributed by atoms with Crippen molar-refractivity contribution < 1.29 is 32.5 Å². The van der Waals surface area contributed by atoms with Gasteiger partial charge >= 0.3 is 6.18 Å². The highest BCUT2D eigenvalue weighted by molar-refractivity contribution is 5.75. The Balaban J connectivity index is 2.47. The molecule has 0 saturated heterocycles. The monoisotopic (exact) mass is 293 g/mol. The molecule has 0 aliphatic heterocycles. The van der Waals surface area contributed by atoms with E-state index in [9.17, 15) is 18.0 Å². The molecule has 0 aliphatic carbocycles. The van der Waals surface area contributed by atoms with Crippen LogP contribution in [0.15, 0.2) is 24.3 Å². The Hall–Kier alpha value is -1.96. The Labute approximate surface area is 113 Å². The van der Waals surface area contributed by atoms with E-state index in [1.54, 1.807) is 0 Å². The number of alkyl halides is 3. The quantitative estimate of drug-likeness (QED) is 0.792. The largest absolute Gasteiger partial charge is 0.491 e. The number of carbonyl (C=O) groups is 1. The number of primary amides is 1. The number of aliphatic hydroxyl groups excluding tert-OH is 1. The second-order valence-electron chi connectivity index (χ2n) is 4.01. The Bertz CT molecular complexity index is 451. The summed E-state index contributed by atoms with van der Waals surface area (Å²) in [5.74, 6) is -0.156. The van der Waals surface area contributed by atoms with Gasteiger partial charge in [-0.3, -0.25) is 4.79 Å². The molecule has 1 aromatic rings. The van der Waals surface area contributed by atoms with Gasteiger partial charge in [0, 0.05) is 6.07 Å². The summed E-state index contributed by atoms with van der Waals surface area (Å²) in [5.41, 5.74) is 4.90. The SMILES string of the molecule is NC(=O)COc1cccc(OCC(O)CC(F)(F)F)c1. The number of hydrogen-bond acceptors (Lipinski definition) is 4. The molecule has 0 bridgehead atoms. The van der Waals surface area contributed by atoms with Crippen molar-refractivity contribution in [3.8, 4) is 11.5 Å². The number of amides is 1. The van der Waals surface area contributed by atoms with Crippen LogP contribution in [0.5, 0.6) is 11.5 Å². The third kappa shape index (κ3) is 6.83. The maximum Gasteiger partial charge on any atom is 0.391 e. The number of hydrogen-bond donors (Lipinski definition) is 2. The van der Waals surface area contributed by atoms with Crippen LogP contribution in [0.3, 0.4) is 0 Å². The van der Waals surface area contributed by atoms with Gasteiger partial charge in [-0.15, -0.1) is 0 Å². The Morgan fingerprint density at radius 1 is 1.30 bits per heavy atom. The minimum Gasteiger partial charge on any atom is -0.491 e. The fraction of sp³-hybridized carbons (Fsp3) is 0.417. The second kappa shape index (κ2) is 6.99. The van der Waals surface area contributed by atoms with E-state index in [0.29, 0.717) is 0 Å². The van der Waals surface area contributed by atoms with E-state index in [4.69, 9.17) is 20.3 Å². The van der Waals surface area contributed by atoms with Crippen LogP contribution >= 0.6 is 0 Å². The van der Waals surface area contributed by atoms with Crippen LogP contribution in [0, 0.1) is 0 Å². The van der Waals surface area contributed by atoms with E-state index in [0.717, 1.165) is 0 Å². The molecule has 1 aromatic carbocycles. The van der Waals surface area contributed by atoms with Crippen LogP contribution in [0.25, 0.3) is 0 Å². The fourth-order valence-electron chi connectivity index (χ4n) is 1.33. The summed E-state index contributed by atoms with van der Waals surface area (Å²) in [4.78, 5) is 10.5. The maximum atomic E-state index is 12.0. The van der Waals surface area contributed by atoms with Gasteiger partial charge in [0.2, 0.25) is 0 Å². The molecule has 0 saturated carbocycles. The second-order valence-corrected chi connectivity index (χ2v) is 4.01. The minimum atomic E-state index is -4.45. The molecule has 0 aromatic heterocycles. The highest BCUT2D eigenvalue weighted by Gasteiger charge is 2.31. The number of aliphatic hydroxyl groups is 1. The Morgan fingerprint density at radius 2 is 1.90 bits per heavy atom. The van der Waals surface area contributed by atoms with Crippen molar-refractivity contribution in [3.63, 3.8) is 0 Å². The van der Waals surface area contributed by atoms with Crippen LogP contribution in [0.1, 0.15) is 6.42 Å². The van der Waals surface area contributed by atoms with Gasteiger partial charge in [0.05, 0.1) is 12.5 Å². The van der Waals surface area contributed by atoms with Crippen molar-refractivity contribution in [1.82, 2.24) is 0 Å². The normalized spacial score (nSPS) is 12.8. The van der Waals surface area contributed by atoms with E-state index >= 15 is 0 Å². The number of carbonyl (C=O) groups excluding carboxylic acids is 1. The number of nitrogens with two attached hydrogens (primary N) is 1. The van der Waals surface area contributed by atoms with Gasteiger partial charge in [0.15, 0.2) is 6.61 Å². The average Bonchev–Trinajstić information content (AvgIpc) is 2.32. The predicted octanol–water partition coefficient (Wildman–Crippen LogP) is 1.24. The Kier molecular flexibility index (Phi) is 5.63. The third-order valence-electron chi connectivity index (χ3n) is 2.10. The molecule has 5 nitrogen and oxygen atoms in total. The number of ether oxygens (including phenoxy) is 2. The molecule has 1 amide bonds. The highest BCUT2D eigenvalue weighted by Crippen LogP contribution is 2.23. The first-order valence-corrected chi connectivity index (χ1v) is 5.65. The fourth-order valence-corrected chi connectivity index (χ4v) is 1.33. The lowest BCUT2D eigenvalue weighted by Crippen LogP contribution is -2.25. The van der Waals surface area contributed by atoms with Crippen molar-refractivity contribution in [3.05, 3.63) is 24.3 Å². The molecule has 0 aliphatic rings. The van der Waals surface area contributed by atoms with E-state index < -0.39 is 31.2 Å². The van der Waals surface area contributed by atoms with Crippen molar-refractivity contribution >= 4 is 5.91 Å². The highest BCUT2D eigenvalue weighted by atomic mass is 19.4. The van der Waals surface area contributed by atoms with Gasteiger partial charge in [0.25, 0.3) is 5.91 Å². The molecule has 0 spiro atoms. The molecule has 1 atom stereocenters. The topological polar surface area (TPSA) is 81.8 Å². The van der Waals surface area contributed by atoms with Crippen LogP contribution < -0.4 is 15.2 Å². The minimum absolute atomic E-state index is 0.216. The number of halogens is 3. The van der Waals surface area contributed by atoms with E-state index in [1.165, 1.54) is 24.3 Å². The molecule has 0 heterocycles. The number of rotatable bonds is 7. The van der Waals surface area contributed by atoms with Gasteiger partial charge in [-0.25, -0.2) is 0 Å². The molecular weight excluding hydrogens is 279 g/mol. The summed E-state index contributed by atoms with van der Waals surface area (Å²) in [5, 5.41) is 9.15. The zero-order chi connectivity index (χ0) is 15.2. The molecule has 112 valence electrons. The predicted molar refractivity (Wildman–Crippen MR) is 63.3 cm³/mol. The summed E-state index contributed by atoms with van der Waals surface area (Å²) in [7, 11) is 0. The molecule has 3 N–H and O–H groups in total. The molecular formula is C12H14F3NO4. The zero-order valence-electron chi connectivity index (χ0n) is 10.4. The van der Waals surface area contributed by atoms with Crippen LogP contribution in [0.4, 0.5) is 13.2 Å². The molecule has 1 unspecified atom stereocenters. The smallest absolute Gasteiger partial charge is 0.391 e. The number of benzene rings is 1. The molecule has 0 radical (unpaired) electrons. The molecule has 20 heavy (non-hydrogen) atoms. The zero-order valence-corrected chi connectivity index (χ0v) is 10.4. The molecule has 1 rings (SSSR count). The van der Waals surface area contributed by atoms with Crippen LogP contribution in [-0.2, 0) is 4.79 Å². The van der Waals surface area contributed by atoms with E-state index in [-0.39, 0.29) is 18.1 Å². The van der Waals surface area contributed by atoms with E-state index in [1.807, 2.05) is 0 Å². The van der Waals surface area contributed by atoms with Gasteiger partial charge in [-0.05, 0) is 12.1 Å². The first kappa shape index (κ1) is 16.1. The molecule has 8 heteroatoms. The third-order valence-corrected chi connectivity index (χ3v) is 2.10. The lowest BCUT2D eigenvalue weighted by atomic mass is 10.2. The van der Waals surface area contributed by atoms with E-state index in [2.05, 4.69) is 0 Å². The van der Waals surface area contributed by atoms with Crippen molar-refractivity contribution in [1.29, 1.82) is 0 Å². The summed E-state index contributed by atoms with van der Waals surface area (Å²) >= 11 is 0. The van der Waals surface area contributed by atoms with Crippen molar-refractivity contribution in [2.45, 2.75) is 18.7 Å². The van der Waals surface area contributed by atoms with Gasteiger partial charge in [-0.2, -0.15) is 13.2 Å². The molecule has 0 fully saturated rings. The lowest BCUT2D eigenvalue weighted by Gasteiger charge is -2.14. The summed E-state index contributed by atoms with van der Waals surface area (Å²) in [6.07, 6.45) is -7.44. The van der Waals surface area contributed by atoms with Crippen LogP contribution in [-0.4, -0.2) is 36.5 Å². The summed E-state index contributed by atoms with van der Waals surface area (Å²) in [6, 6.07) is 5.92. The van der Waals surface area contributed by atoms with Crippen molar-refractivity contribution in [2.75, 3.05) is 13.2 Å². The van der Waals surface area contributed by atoms with Gasteiger partial charge < -0.3 is 20.3 Å². The van der Waals surface area contributed by atoms with Gasteiger partial charge in [0.1, 0.15) is 18.1 Å². The summed E-state index contributed by atoms with van der Waals surface area (Å²) in [6.45, 7) is -0.821. The standard InChI is InChI=1S/C12H14F3NO4/c13-12(14,15)5-8(17)6-19-9-2-1-3-10(4-9)20-7-11(16)18/h1-4,8,17H,5-7H2,(H2,16,18). The first-order chi connectivity index (χ1) is 9.26.